The van der Waals surface area contributed by atoms with E-state index < -0.39 is 0 Å². The van der Waals surface area contributed by atoms with Crippen molar-refractivity contribution in [3.05, 3.63) is 28.0 Å². The summed E-state index contributed by atoms with van der Waals surface area (Å²) < 4.78 is 0. The first-order chi connectivity index (χ1) is 7.22. The highest BCUT2D eigenvalue weighted by molar-refractivity contribution is 6.29. The molecule has 0 saturated carbocycles. The number of fused-ring (bicyclic) bond motifs is 1. The second-order valence-corrected chi connectivity index (χ2v) is 3.39. The van der Waals surface area contributed by atoms with Crippen molar-refractivity contribution in [1.82, 2.24) is 15.2 Å². The number of hydrogen-bond donors (Lipinski definition) is 2. The number of pyridine rings is 1. The first-order valence-corrected chi connectivity index (χ1v) is 4.60. The van der Waals surface area contributed by atoms with Crippen LogP contribution in [0.4, 0.5) is 0 Å². The summed E-state index contributed by atoms with van der Waals surface area (Å²) in [5.41, 5.74) is 8.47. The van der Waals surface area contributed by atoms with Crippen molar-refractivity contribution in [2.24, 2.45) is 5.11 Å². The molecule has 0 fully saturated rings. The van der Waals surface area contributed by atoms with Gasteiger partial charge in [-0.3, -0.25) is 4.79 Å². The van der Waals surface area contributed by atoms with Crippen LogP contribution in [0.5, 0.6) is 0 Å². The van der Waals surface area contributed by atoms with E-state index in [0.717, 1.165) is 5.56 Å². The Morgan fingerprint density at radius 1 is 1.73 bits per heavy atom. The summed E-state index contributed by atoms with van der Waals surface area (Å²) in [6.45, 7) is 0.600. The second-order valence-electron chi connectivity index (χ2n) is 3.00. The van der Waals surface area contributed by atoms with Crippen LogP contribution in [0.3, 0.4) is 0 Å². The molecule has 2 rings (SSSR count). The fraction of sp³-hybridized carbons (Fsp3) is 0.250. The summed E-state index contributed by atoms with van der Waals surface area (Å²) in [7, 11) is 0. The fourth-order valence-corrected chi connectivity index (χ4v) is 1.70. The molecular weight excluding hydrogens is 218 g/mol. The topological polar surface area (TPSA) is 92.3 Å². The molecule has 2 heterocycles. The zero-order valence-corrected chi connectivity index (χ0v) is 8.38. The molecule has 0 radical (unpaired) electrons. The fourth-order valence-electron chi connectivity index (χ4n) is 1.49. The van der Waals surface area contributed by atoms with Crippen molar-refractivity contribution in [3.63, 3.8) is 0 Å². The van der Waals surface area contributed by atoms with Gasteiger partial charge in [0.15, 0.2) is 6.54 Å². The quantitative estimate of drug-likeness (QED) is 0.446. The van der Waals surface area contributed by atoms with E-state index in [1.807, 2.05) is 0 Å². The van der Waals surface area contributed by atoms with Gasteiger partial charge in [-0.05, 0) is 6.07 Å². The number of hydrogen-bond acceptors (Lipinski definition) is 4. The maximum absolute atomic E-state index is 11.4. The molecule has 2 N–H and O–H groups in total. The van der Waals surface area contributed by atoms with Crippen molar-refractivity contribution in [2.75, 3.05) is 0 Å². The molecule has 7 heteroatoms. The molecule has 0 bridgehead atoms. The number of halogens is 1. The predicted octanol–water partition coefficient (Wildman–Crippen LogP) is 1.03. The molecule has 1 aromatic heterocycles. The van der Waals surface area contributed by atoms with E-state index in [1.165, 1.54) is 6.07 Å². The molecule has 0 spiro atoms. The average molecular weight is 225 g/mol. The lowest BCUT2D eigenvalue weighted by Crippen LogP contribution is -2.12. The summed E-state index contributed by atoms with van der Waals surface area (Å²) >= 11 is 5.76. The molecule has 0 aliphatic carbocycles. The minimum absolute atomic E-state index is 0.154. The molecular formula is C8H7ClN5O+. The van der Waals surface area contributed by atoms with Gasteiger partial charge in [0, 0.05) is 17.7 Å². The number of carbonyl (C=O) groups is 1. The molecule has 1 aromatic rings. The first kappa shape index (κ1) is 9.76. The van der Waals surface area contributed by atoms with Crippen LogP contribution in [-0.4, -0.2) is 10.9 Å². The standard InChI is InChI=1S/C8H6ClN5O/c9-7-1-4-5(2-11-8(4)15)6(13-7)3-12-14-10/h1,10H,2-3H2/p+1. The molecule has 0 unspecified atom stereocenters. The normalized spacial score (nSPS) is 13.0. The summed E-state index contributed by atoms with van der Waals surface area (Å²) in [6.07, 6.45) is 0. The van der Waals surface area contributed by atoms with Gasteiger partial charge in [-0.2, -0.15) is 0 Å². The van der Waals surface area contributed by atoms with Gasteiger partial charge in [-0.15, -0.1) is 0 Å². The van der Waals surface area contributed by atoms with Crippen molar-refractivity contribution in [3.8, 4) is 0 Å². The smallest absolute Gasteiger partial charge is 0.252 e. The maximum atomic E-state index is 11.4. The highest BCUT2D eigenvalue weighted by Crippen LogP contribution is 2.22. The van der Waals surface area contributed by atoms with Gasteiger partial charge in [0.2, 0.25) is 4.91 Å². The molecule has 15 heavy (non-hydrogen) atoms. The van der Waals surface area contributed by atoms with Gasteiger partial charge in [0.1, 0.15) is 15.8 Å². The van der Waals surface area contributed by atoms with Crippen LogP contribution in [0, 0.1) is 5.53 Å². The molecule has 0 aromatic carbocycles. The SMILES string of the molecule is N=[N+]=NCc1nc(Cl)cc2c1CNC2=O. The van der Waals surface area contributed by atoms with Crippen LogP contribution >= 0.6 is 11.6 Å². The zero-order valence-electron chi connectivity index (χ0n) is 7.62. The summed E-state index contributed by atoms with van der Waals surface area (Å²) in [5.74, 6) is -0.154. The van der Waals surface area contributed by atoms with Crippen molar-refractivity contribution in [1.29, 1.82) is 5.53 Å². The van der Waals surface area contributed by atoms with Gasteiger partial charge in [0.25, 0.3) is 5.91 Å². The molecule has 1 aliphatic rings. The number of rotatable bonds is 2. The van der Waals surface area contributed by atoms with Crippen LogP contribution in [0.15, 0.2) is 11.2 Å². The van der Waals surface area contributed by atoms with Crippen LogP contribution < -0.4 is 10.2 Å². The van der Waals surface area contributed by atoms with Crippen molar-refractivity contribution in [2.45, 2.75) is 13.1 Å². The van der Waals surface area contributed by atoms with Gasteiger partial charge >= 0.3 is 0 Å². The lowest BCUT2D eigenvalue weighted by Gasteiger charge is -2.01. The van der Waals surface area contributed by atoms with E-state index in [2.05, 4.69) is 20.3 Å². The summed E-state index contributed by atoms with van der Waals surface area (Å²) in [5, 5.41) is 6.44. The number of carbonyl (C=O) groups excluding carboxylic acids is 1. The number of aromatic nitrogens is 1. The third-order valence-corrected chi connectivity index (χ3v) is 2.33. The maximum Gasteiger partial charge on any atom is 0.252 e. The minimum Gasteiger partial charge on any atom is -0.348 e. The Morgan fingerprint density at radius 3 is 3.27 bits per heavy atom. The van der Waals surface area contributed by atoms with Gasteiger partial charge in [-0.25, -0.2) is 4.98 Å². The van der Waals surface area contributed by atoms with Crippen molar-refractivity contribution < 1.29 is 4.79 Å². The molecule has 6 nitrogen and oxygen atoms in total. The van der Waals surface area contributed by atoms with E-state index in [0.29, 0.717) is 17.8 Å². The number of nitrogens with zero attached hydrogens (tertiary/aromatic N) is 3. The molecule has 1 amide bonds. The third kappa shape index (κ3) is 1.72. The van der Waals surface area contributed by atoms with E-state index >= 15 is 0 Å². The van der Waals surface area contributed by atoms with Gasteiger partial charge in [-0.1, -0.05) is 11.6 Å². The second kappa shape index (κ2) is 3.76. The number of amides is 1. The zero-order chi connectivity index (χ0) is 10.8. The summed E-state index contributed by atoms with van der Waals surface area (Å²) in [4.78, 5) is 18.3. The largest absolute Gasteiger partial charge is 0.348 e. The van der Waals surface area contributed by atoms with Crippen LogP contribution in [-0.2, 0) is 13.1 Å². The third-order valence-electron chi connectivity index (χ3n) is 2.14. The van der Waals surface area contributed by atoms with Gasteiger partial charge < -0.3 is 5.32 Å². The molecule has 1 aliphatic heterocycles. The van der Waals surface area contributed by atoms with Gasteiger partial charge in [0.05, 0.1) is 5.69 Å². The predicted molar refractivity (Wildman–Crippen MR) is 51.4 cm³/mol. The summed E-state index contributed by atoms with van der Waals surface area (Å²) in [6, 6.07) is 1.53. The first-order valence-electron chi connectivity index (χ1n) is 4.22. The lowest BCUT2D eigenvalue weighted by atomic mass is 10.1. The molecule has 76 valence electrons. The Balaban J connectivity index is 2.51. The Kier molecular flexibility index (Phi) is 2.45. The Morgan fingerprint density at radius 2 is 2.53 bits per heavy atom. The highest BCUT2D eigenvalue weighted by Gasteiger charge is 2.23. The van der Waals surface area contributed by atoms with E-state index in [9.17, 15) is 4.79 Å². The van der Waals surface area contributed by atoms with Crippen molar-refractivity contribution >= 4 is 17.5 Å². The van der Waals surface area contributed by atoms with Crippen LogP contribution in [0.25, 0.3) is 0 Å². The highest BCUT2D eigenvalue weighted by atomic mass is 35.5. The Bertz CT molecular complexity index is 480. The average Bonchev–Trinajstić information content (AvgIpc) is 2.57. The lowest BCUT2D eigenvalue weighted by molar-refractivity contribution is 0.0965. The molecule has 0 saturated heterocycles. The van der Waals surface area contributed by atoms with E-state index in [1.54, 1.807) is 0 Å². The van der Waals surface area contributed by atoms with Crippen LogP contribution in [0.2, 0.25) is 5.15 Å². The number of nitrogens with one attached hydrogen (secondary N) is 2. The van der Waals surface area contributed by atoms with E-state index in [-0.39, 0.29) is 17.6 Å². The minimum atomic E-state index is -0.154. The molecule has 0 atom stereocenters. The Labute approximate surface area is 89.9 Å². The Hall–Kier alpha value is -1.78. The van der Waals surface area contributed by atoms with Crippen LogP contribution in [0.1, 0.15) is 21.6 Å². The monoisotopic (exact) mass is 224 g/mol. The van der Waals surface area contributed by atoms with E-state index in [4.69, 9.17) is 17.1 Å².